The fourth-order valence-corrected chi connectivity index (χ4v) is 9.03. The van der Waals surface area contributed by atoms with Gasteiger partial charge in [-0.05, 0) is 85.0 Å². The minimum absolute atomic E-state index is 0.125. The van der Waals surface area contributed by atoms with Crippen molar-refractivity contribution in [3.8, 4) is 0 Å². The van der Waals surface area contributed by atoms with Crippen LogP contribution in [0, 0.1) is 28.6 Å². The molecule has 190 valence electrons. The third kappa shape index (κ3) is 3.47. The zero-order valence-electron chi connectivity index (χ0n) is 22.2. The Morgan fingerprint density at radius 1 is 1.00 bits per heavy atom. The van der Waals surface area contributed by atoms with Crippen LogP contribution >= 0.6 is 0 Å². The van der Waals surface area contributed by atoms with Crippen LogP contribution in [0.15, 0.2) is 54.1 Å². The van der Waals surface area contributed by atoms with Gasteiger partial charge in [0.1, 0.15) is 5.57 Å². The molecule has 4 aliphatic rings. The molecule has 2 amide bonds. The molecule has 4 heteroatoms. The zero-order valence-corrected chi connectivity index (χ0v) is 22.2. The van der Waals surface area contributed by atoms with Gasteiger partial charge in [-0.25, -0.2) is 0 Å². The molecule has 3 fully saturated rings. The molecule has 7 atom stereocenters. The summed E-state index contributed by atoms with van der Waals surface area (Å²) in [7, 11) is 1.92. The summed E-state index contributed by atoms with van der Waals surface area (Å²) in [6.45, 7) is 6.88. The van der Waals surface area contributed by atoms with E-state index in [4.69, 9.17) is 0 Å². The van der Waals surface area contributed by atoms with Gasteiger partial charge in [-0.15, -0.1) is 0 Å². The van der Waals surface area contributed by atoms with E-state index in [1.165, 1.54) is 38.5 Å². The summed E-state index contributed by atoms with van der Waals surface area (Å²) in [6, 6.07) is 14.4. The van der Waals surface area contributed by atoms with Crippen LogP contribution in [-0.2, 0) is 9.59 Å². The van der Waals surface area contributed by atoms with Crippen LogP contribution in [-0.4, -0.2) is 29.8 Å². The van der Waals surface area contributed by atoms with Gasteiger partial charge < -0.3 is 10.2 Å². The molecule has 36 heavy (non-hydrogen) atoms. The van der Waals surface area contributed by atoms with E-state index in [-0.39, 0.29) is 29.3 Å². The summed E-state index contributed by atoms with van der Waals surface area (Å²) in [5.74, 6) is 1.69. The lowest BCUT2D eigenvalue weighted by Gasteiger charge is -2.60. The summed E-state index contributed by atoms with van der Waals surface area (Å²) in [5, 5.41) is 5.48. The summed E-state index contributed by atoms with van der Waals surface area (Å²) >= 11 is 0. The van der Waals surface area contributed by atoms with Crippen molar-refractivity contribution in [2.45, 2.75) is 77.8 Å². The van der Waals surface area contributed by atoms with Gasteiger partial charge in [-0.2, -0.15) is 0 Å². The number of carbonyl (C=O) groups is 2. The van der Waals surface area contributed by atoms with Crippen molar-refractivity contribution in [1.82, 2.24) is 10.2 Å². The molecule has 0 radical (unpaired) electrons. The summed E-state index contributed by atoms with van der Waals surface area (Å²) in [4.78, 5) is 29.0. The van der Waals surface area contributed by atoms with Crippen molar-refractivity contribution in [2.75, 3.05) is 7.05 Å². The first-order valence-electron chi connectivity index (χ1n) is 14.0. The van der Waals surface area contributed by atoms with E-state index >= 15 is 0 Å². The highest BCUT2D eigenvalue weighted by Gasteiger charge is 2.59. The SMILES string of the molecule is CC(NC(=O)C1=C[C@@]2(C)C(CC[C@@H]3[C@H]2CC[C@]2(C)CCC[C@@H]32)N(C)C1=O)c1cccc2ccccc12. The van der Waals surface area contributed by atoms with Gasteiger partial charge in [-0.1, -0.05) is 68.8 Å². The molecule has 3 saturated carbocycles. The third-order valence-corrected chi connectivity index (χ3v) is 10.9. The number of nitrogens with zero attached hydrogens (tertiary/aromatic N) is 1. The van der Waals surface area contributed by atoms with Crippen molar-refractivity contribution < 1.29 is 9.59 Å². The maximum absolute atomic E-state index is 13.7. The van der Waals surface area contributed by atoms with Crippen molar-refractivity contribution in [1.29, 1.82) is 0 Å². The highest BCUT2D eigenvalue weighted by molar-refractivity contribution is 6.19. The average Bonchev–Trinajstić information content (AvgIpc) is 3.27. The Hall–Kier alpha value is -2.62. The second kappa shape index (κ2) is 8.46. The Balaban J connectivity index is 1.31. The van der Waals surface area contributed by atoms with Gasteiger partial charge in [0.2, 0.25) is 0 Å². The highest BCUT2D eigenvalue weighted by atomic mass is 16.2. The van der Waals surface area contributed by atoms with Gasteiger partial charge in [0.05, 0.1) is 6.04 Å². The number of hydrogen-bond donors (Lipinski definition) is 1. The van der Waals surface area contributed by atoms with Crippen LogP contribution in [0.25, 0.3) is 10.8 Å². The summed E-state index contributed by atoms with van der Waals surface area (Å²) < 4.78 is 0. The second-order valence-corrected chi connectivity index (χ2v) is 12.7. The third-order valence-electron chi connectivity index (χ3n) is 10.9. The molecule has 4 nitrogen and oxygen atoms in total. The Kier molecular flexibility index (Phi) is 5.59. The van der Waals surface area contributed by atoms with Crippen molar-refractivity contribution in [3.63, 3.8) is 0 Å². The van der Waals surface area contributed by atoms with E-state index in [1.807, 2.05) is 37.1 Å². The Morgan fingerprint density at radius 3 is 2.61 bits per heavy atom. The molecular formula is C32H40N2O2. The summed E-state index contributed by atoms with van der Waals surface area (Å²) in [6.07, 6.45) is 11.0. The molecule has 0 bridgehead atoms. The molecule has 2 aromatic rings. The highest BCUT2D eigenvalue weighted by Crippen LogP contribution is 2.64. The van der Waals surface area contributed by atoms with E-state index in [0.717, 1.165) is 28.7 Å². The largest absolute Gasteiger partial charge is 0.345 e. The van der Waals surface area contributed by atoms with Crippen LogP contribution in [0.2, 0.25) is 0 Å². The number of benzene rings is 2. The zero-order chi connectivity index (χ0) is 25.2. The molecule has 1 heterocycles. The first kappa shape index (κ1) is 23.8. The van der Waals surface area contributed by atoms with E-state index < -0.39 is 0 Å². The van der Waals surface area contributed by atoms with E-state index in [1.54, 1.807) is 0 Å². The Bertz CT molecular complexity index is 1240. The quantitative estimate of drug-likeness (QED) is 0.511. The molecule has 0 saturated heterocycles. The van der Waals surface area contributed by atoms with Gasteiger partial charge in [0.15, 0.2) is 0 Å². The molecule has 1 aliphatic heterocycles. The van der Waals surface area contributed by atoms with Crippen molar-refractivity contribution >= 4 is 22.6 Å². The van der Waals surface area contributed by atoms with Crippen molar-refractivity contribution in [2.24, 2.45) is 28.6 Å². The molecular weight excluding hydrogens is 444 g/mol. The van der Waals surface area contributed by atoms with Crippen LogP contribution in [0.1, 0.15) is 77.3 Å². The van der Waals surface area contributed by atoms with Crippen molar-refractivity contribution in [3.05, 3.63) is 59.7 Å². The number of hydrogen-bond acceptors (Lipinski definition) is 2. The lowest BCUT2D eigenvalue weighted by Crippen LogP contribution is -2.61. The Morgan fingerprint density at radius 2 is 1.78 bits per heavy atom. The minimum atomic E-state index is -0.240. The number of likely N-dealkylation sites (N-methyl/N-ethyl adjacent to an activating group) is 1. The number of fused-ring (bicyclic) bond motifs is 6. The number of carbonyl (C=O) groups excluding carboxylic acids is 2. The molecule has 2 unspecified atom stereocenters. The number of rotatable bonds is 3. The van der Waals surface area contributed by atoms with E-state index in [9.17, 15) is 9.59 Å². The predicted octanol–water partition coefficient (Wildman–Crippen LogP) is 6.42. The molecule has 0 aromatic heterocycles. The molecule has 1 N–H and O–H groups in total. The molecule has 6 rings (SSSR count). The van der Waals surface area contributed by atoms with Gasteiger partial charge in [0.25, 0.3) is 11.8 Å². The van der Waals surface area contributed by atoms with Gasteiger partial charge in [0, 0.05) is 18.5 Å². The number of amides is 2. The van der Waals surface area contributed by atoms with Crippen LogP contribution in [0.3, 0.4) is 0 Å². The summed E-state index contributed by atoms with van der Waals surface area (Å²) in [5.41, 5.74) is 1.76. The van der Waals surface area contributed by atoms with Crippen LogP contribution in [0.5, 0.6) is 0 Å². The monoisotopic (exact) mass is 484 g/mol. The first-order chi connectivity index (χ1) is 17.2. The second-order valence-electron chi connectivity index (χ2n) is 12.7. The van der Waals surface area contributed by atoms with Crippen LogP contribution in [0.4, 0.5) is 0 Å². The molecule has 2 aromatic carbocycles. The van der Waals surface area contributed by atoms with Crippen LogP contribution < -0.4 is 5.32 Å². The van der Waals surface area contributed by atoms with Gasteiger partial charge >= 0.3 is 0 Å². The number of nitrogens with one attached hydrogen (secondary N) is 1. The normalized spacial score (nSPS) is 36.5. The van der Waals surface area contributed by atoms with E-state index in [2.05, 4.69) is 49.5 Å². The van der Waals surface area contributed by atoms with Gasteiger partial charge in [-0.3, -0.25) is 9.59 Å². The topological polar surface area (TPSA) is 49.4 Å². The molecule has 3 aliphatic carbocycles. The lowest BCUT2D eigenvalue weighted by molar-refractivity contribution is -0.141. The first-order valence-corrected chi connectivity index (χ1v) is 14.0. The average molecular weight is 485 g/mol. The smallest absolute Gasteiger partial charge is 0.259 e. The van der Waals surface area contributed by atoms with E-state index in [0.29, 0.717) is 22.8 Å². The predicted molar refractivity (Wildman–Crippen MR) is 144 cm³/mol. The minimum Gasteiger partial charge on any atom is -0.345 e. The fourth-order valence-electron chi connectivity index (χ4n) is 9.03. The molecule has 0 spiro atoms. The maximum Gasteiger partial charge on any atom is 0.259 e. The maximum atomic E-state index is 13.7. The standard InChI is InChI=1S/C32H40N2O2/c1-20(22-12-7-10-21-9-5-6-11-23(21)22)33-29(35)25-19-32(3)27-16-18-31(2)17-8-13-26(31)24(27)14-15-28(32)34(4)30(25)36/h5-7,9-12,19-20,24,26-28H,8,13-18H2,1-4H3,(H,33,35)/t20?,24-,26-,27+,28?,31-,32+/m0/s1. The Labute approximate surface area is 215 Å². The lowest BCUT2D eigenvalue weighted by atomic mass is 9.48. The fraction of sp³-hybridized carbons (Fsp3) is 0.562.